The van der Waals surface area contributed by atoms with Gasteiger partial charge in [-0.05, 0) is 13.8 Å². The lowest BCUT2D eigenvalue weighted by molar-refractivity contribution is -0.133. The van der Waals surface area contributed by atoms with E-state index in [4.69, 9.17) is 9.63 Å². The standard InChI is InChI=1S/C11H13N3O3S/c1-7-4-14(5-9-3-8(2)17-13-9)11(12-7)18-6-10(15)16/h3-4H,5-6H2,1-2H3,(H,15,16). The lowest BCUT2D eigenvalue weighted by Gasteiger charge is -2.03. The molecule has 1 N–H and O–H groups in total. The van der Waals surface area contributed by atoms with E-state index in [-0.39, 0.29) is 5.75 Å². The molecule has 0 atom stereocenters. The summed E-state index contributed by atoms with van der Waals surface area (Å²) in [6.45, 7) is 4.23. The van der Waals surface area contributed by atoms with Crippen molar-refractivity contribution in [3.05, 3.63) is 29.4 Å². The zero-order valence-electron chi connectivity index (χ0n) is 10.1. The van der Waals surface area contributed by atoms with E-state index in [1.54, 1.807) is 0 Å². The Kier molecular flexibility index (Phi) is 3.71. The first-order valence-corrected chi connectivity index (χ1v) is 6.33. The van der Waals surface area contributed by atoms with Crippen LogP contribution in [0, 0.1) is 13.8 Å². The molecule has 0 amide bonds. The molecule has 18 heavy (non-hydrogen) atoms. The summed E-state index contributed by atoms with van der Waals surface area (Å²) in [7, 11) is 0. The summed E-state index contributed by atoms with van der Waals surface area (Å²) in [5.41, 5.74) is 1.64. The lowest BCUT2D eigenvalue weighted by atomic mass is 10.4. The van der Waals surface area contributed by atoms with E-state index in [9.17, 15) is 4.79 Å². The van der Waals surface area contributed by atoms with Crippen molar-refractivity contribution >= 4 is 17.7 Å². The molecule has 2 aromatic heterocycles. The fourth-order valence-corrected chi connectivity index (χ4v) is 2.29. The van der Waals surface area contributed by atoms with Crippen LogP contribution in [0.25, 0.3) is 0 Å². The van der Waals surface area contributed by atoms with E-state index >= 15 is 0 Å². The smallest absolute Gasteiger partial charge is 0.313 e. The first-order chi connectivity index (χ1) is 8.54. The molecule has 0 saturated carbocycles. The average molecular weight is 267 g/mol. The normalized spacial score (nSPS) is 10.8. The minimum absolute atomic E-state index is 0.00566. The van der Waals surface area contributed by atoms with Crippen molar-refractivity contribution in [2.45, 2.75) is 25.5 Å². The molecule has 2 aromatic rings. The van der Waals surface area contributed by atoms with E-state index in [0.29, 0.717) is 11.7 Å². The summed E-state index contributed by atoms with van der Waals surface area (Å²) < 4.78 is 6.87. The number of aromatic nitrogens is 3. The van der Waals surface area contributed by atoms with Gasteiger partial charge >= 0.3 is 5.97 Å². The van der Waals surface area contributed by atoms with Gasteiger partial charge in [-0.1, -0.05) is 16.9 Å². The molecule has 96 valence electrons. The Morgan fingerprint density at radius 2 is 2.33 bits per heavy atom. The summed E-state index contributed by atoms with van der Waals surface area (Å²) in [5.74, 6) is -0.111. The summed E-state index contributed by atoms with van der Waals surface area (Å²) >= 11 is 1.20. The maximum absolute atomic E-state index is 10.6. The highest BCUT2D eigenvalue weighted by molar-refractivity contribution is 7.99. The third-order valence-electron chi connectivity index (χ3n) is 2.19. The van der Waals surface area contributed by atoms with E-state index in [1.807, 2.05) is 30.7 Å². The molecule has 6 nitrogen and oxygen atoms in total. The zero-order valence-corrected chi connectivity index (χ0v) is 10.9. The minimum atomic E-state index is -0.857. The van der Waals surface area contributed by atoms with Crippen LogP contribution in [0.4, 0.5) is 0 Å². The molecule has 2 heterocycles. The van der Waals surface area contributed by atoms with Gasteiger partial charge < -0.3 is 14.2 Å². The minimum Gasteiger partial charge on any atom is -0.481 e. The van der Waals surface area contributed by atoms with Crippen molar-refractivity contribution in [2.75, 3.05) is 5.75 Å². The summed E-state index contributed by atoms with van der Waals surface area (Å²) in [5, 5.41) is 13.3. The number of nitrogens with zero attached hydrogens (tertiary/aromatic N) is 3. The largest absolute Gasteiger partial charge is 0.481 e. The Morgan fingerprint density at radius 3 is 2.94 bits per heavy atom. The number of rotatable bonds is 5. The summed E-state index contributed by atoms with van der Waals surface area (Å²) in [6.07, 6.45) is 1.87. The molecule has 0 saturated heterocycles. The number of aliphatic carboxylic acids is 1. The van der Waals surface area contributed by atoms with E-state index < -0.39 is 5.97 Å². The van der Waals surface area contributed by atoms with Crippen molar-refractivity contribution in [1.29, 1.82) is 0 Å². The highest BCUT2D eigenvalue weighted by Crippen LogP contribution is 2.18. The zero-order chi connectivity index (χ0) is 13.1. The first-order valence-electron chi connectivity index (χ1n) is 5.35. The number of carboxylic acids is 1. The van der Waals surface area contributed by atoms with Gasteiger partial charge in [0.05, 0.1) is 18.0 Å². The van der Waals surface area contributed by atoms with Gasteiger partial charge in [-0.2, -0.15) is 0 Å². The molecular weight excluding hydrogens is 254 g/mol. The van der Waals surface area contributed by atoms with E-state index in [1.165, 1.54) is 11.8 Å². The quantitative estimate of drug-likeness (QED) is 0.831. The molecule has 0 radical (unpaired) electrons. The average Bonchev–Trinajstić information content (AvgIpc) is 2.83. The number of imidazole rings is 1. The molecule has 0 aliphatic heterocycles. The maximum Gasteiger partial charge on any atom is 0.313 e. The monoisotopic (exact) mass is 267 g/mol. The molecule has 0 aliphatic rings. The molecular formula is C11H13N3O3S. The van der Waals surface area contributed by atoms with E-state index in [2.05, 4.69) is 10.1 Å². The van der Waals surface area contributed by atoms with Crippen molar-refractivity contribution < 1.29 is 14.4 Å². The van der Waals surface area contributed by atoms with Crippen molar-refractivity contribution in [1.82, 2.24) is 14.7 Å². The van der Waals surface area contributed by atoms with Gasteiger partial charge in [0.25, 0.3) is 0 Å². The van der Waals surface area contributed by atoms with Crippen LogP contribution in [0.3, 0.4) is 0 Å². The molecule has 0 unspecified atom stereocenters. The number of carbonyl (C=O) groups is 1. The molecule has 0 aliphatic carbocycles. The number of aryl methyl sites for hydroxylation is 2. The second-order valence-corrected chi connectivity index (χ2v) is 4.85. The van der Waals surface area contributed by atoms with Crippen LogP contribution in [0.1, 0.15) is 17.1 Å². The Bertz CT molecular complexity index is 562. The van der Waals surface area contributed by atoms with Gasteiger partial charge in [-0.25, -0.2) is 4.98 Å². The topological polar surface area (TPSA) is 81.2 Å². The second-order valence-electron chi connectivity index (χ2n) is 3.90. The van der Waals surface area contributed by atoms with Crippen LogP contribution in [-0.2, 0) is 11.3 Å². The summed E-state index contributed by atoms with van der Waals surface area (Å²) in [4.78, 5) is 14.9. The molecule has 0 fully saturated rings. The van der Waals surface area contributed by atoms with Crippen LogP contribution in [-0.4, -0.2) is 31.5 Å². The molecule has 0 spiro atoms. The highest BCUT2D eigenvalue weighted by Gasteiger charge is 2.10. The predicted octanol–water partition coefficient (Wildman–Crippen LogP) is 1.71. The number of thioether (sulfide) groups is 1. The van der Waals surface area contributed by atoms with Crippen molar-refractivity contribution in [2.24, 2.45) is 0 Å². The number of hydrogen-bond acceptors (Lipinski definition) is 5. The number of hydrogen-bond donors (Lipinski definition) is 1. The predicted molar refractivity (Wildman–Crippen MR) is 65.7 cm³/mol. The Balaban J connectivity index is 2.14. The van der Waals surface area contributed by atoms with Crippen molar-refractivity contribution in [3.63, 3.8) is 0 Å². The van der Waals surface area contributed by atoms with Gasteiger partial charge in [0.2, 0.25) is 0 Å². The van der Waals surface area contributed by atoms with Gasteiger partial charge in [-0.15, -0.1) is 0 Å². The van der Waals surface area contributed by atoms with Gasteiger partial charge in [0, 0.05) is 12.3 Å². The third kappa shape index (κ3) is 3.13. The van der Waals surface area contributed by atoms with Crippen LogP contribution < -0.4 is 0 Å². The lowest BCUT2D eigenvalue weighted by Crippen LogP contribution is -2.03. The number of carboxylic acid groups (broad SMARTS) is 1. The molecule has 7 heteroatoms. The molecule has 0 aromatic carbocycles. The Labute approximate surface area is 108 Å². The van der Waals surface area contributed by atoms with Crippen LogP contribution in [0.15, 0.2) is 21.9 Å². The molecule has 0 bridgehead atoms. The first kappa shape index (κ1) is 12.7. The van der Waals surface area contributed by atoms with Gasteiger partial charge in [-0.3, -0.25) is 4.79 Å². The fraction of sp³-hybridized carbons (Fsp3) is 0.364. The van der Waals surface area contributed by atoms with Crippen LogP contribution >= 0.6 is 11.8 Å². The van der Waals surface area contributed by atoms with Crippen LogP contribution in [0.2, 0.25) is 0 Å². The second kappa shape index (κ2) is 5.26. The molecule has 2 rings (SSSR count). The summed E-state index contributed by atoms with van der Waals surface area (Å²) in [6, 6.07) is 1.85. The third-order valence-corrected chi connectivity index (χ3v) is 3.17. The van der Waals surface area contributed by atoms with E-state index in [0.717, 1.165) is 17.1 Å². The van der Waals surface area contributed by atoms with Gasteiger partial charge in [0.1, 0.15) is 11.5 Å². The fourth-order valence-electron chi connectivity index (χ4n) is 1.55. The Hall–Kier alpha value is -1.76. The Morgan fingerprint density at radius 1 is 1.56 bits per heavy atom. The maximum atomic E-state index is 10.6. The van der Waals surface area contributed by atoms with Gasteiger partial charge in [0.15, 0.2) is 5.16 Å². The SMILES string of the molecule is Cc1cn(Cc2cc(C)on2)c(SCC(=O)O)n1. The highest BCUT2D eigenvalue weighted by atomic mass is 32.2. The van der Waals surface area contributed by atoms with Crippen molar-refractivity contribution in [3.8, 4) is 0 Å². The van der Waals surface area contributed by atoms with Crippen LogP contribution in [0.5, 0.6) is 0 Å².